The summed E-state index contributed by atoms with van der Waals surface area (Å²) in [5.41, 5.74) is 3.24. The van der Waals surface area contributed by atoms with Gasteiger partial charge in [0.25, 0.3) is 5.69 Å². The van der Waals surface area contributed by atoms with Crippen LogP contribution in [-0.2, 0) is 16.6 Å². The molecule has 0 spiro atoms. The summed E-state index contributed by atoms with van der Waals surface area (Å²) in [6.07, 6.45) is 0. The van der Waals surface area contributed by atoms with Crippen LogP contribution in [0.3, 0.4) is 0 Å². The van der Waals surface area contributed by atoms with Crippen LogP contribution in [0, 0.1) is 17.0 Å². The highest BCUT2D eigenvalue weighted by atomic mass is 16.6. The van der Waals surface area contributed by atoms with Crippen LogP contribution in [0.5, 0.6) is 0 Å². The molecule has 0 bridgehead atoms. The minimum Gasteiger partial charge on any atom is -0.466 e. The minimum atomic E-state index is -0.489. The van der Waals surface area contributed by atoms with Gasteiger partial charge in [0.05, 0.1) is 23.3 Å². The van der Waals surface area contributed by atoms with Gasteiger partial charge in [-0.3, -0.25) is 14.8 Å². The van der Waals surface area contributed by atoms with Crippen molar-refractivity contribution < 1.29 is 14.5 Å². The molecule has 8 nitrogen and oxygen atoms in total. The number of rotatable bonds is 3. The third-order valence-electron chi connectivity index (χ3n) is 4.38. The number of aryl methyl sites for hydroxylation is 2. The Labute approximate surface area is 144 Å². The lowest BCUT2D eigenvalue weighted by molar-refractivity contribution is -0.384. The average molecular weight is 342 g/mol. The molecule has 2 heterocycles. The highest BCUT2D eigenvalue weighted by Gasteiger charge is 2.36. The third kappa shape index (κ3) is 2.65. The molecular weight excluding hydrogens is 324 g/mol. The summed E-state index contributed by atoms with van der Waals surface area (Å²) in [6.45, 7) is 3.63. The zero-order valence-electron chi connectivity index (χ0n) is 14.4. The molecule has 25 heavy (non-hydrogen) atoms. The first-order chi connectivity index (χ1) is 11.8. The molecule has 1 unspecified atom stereocenters. The number of anilines is 1. The number of carbonyl (C=O) groups is 1. The summed E-state index contributed by atoms with van der Waals surface area (Å²) in [5, 5.41) is 18.8. The topological polar surface area (TPSA) is 99.3 Å². The van der Waals surface area contributed by atoms with E-state index in [1.165, 1.54) is 19.2 Å². The number of benzene rings is 1. The Morgan fingerprint density at radius 2 is 2.12 bits per heavy atom. The maximum atomic E-state index is 12.4. The van der Waals surface area contributed by atoms with Gasteiger partial charge < -0.3 is 10.1 Å². The van der Waals surface area contributed by atoms with Gasteiger partial charge in [-0.2, -0.15) is 5.10 Å². The van der Waals surface area contributed by atoms with E-state index in [0.29, 0.717) is 16.8 Å². The second kappa shape index (κ2) is 6.04. The van der Waals surface area contributed by atoms with E-state index in [0.717, 1.165) is 17.1 Å². The van der Waals surface area contributed by atoms with Gasteiger partial charge in [0.1, 0.15) is 5.82 Å². The highest BCUT2D eigenvalue weighted by molar-refractivity contribution is 5.94. The first-order valence-electron chi connectivity index (χ1n) is 7.69. The zero-order valence-corrected chi connectivity index (χ0v) is 14.4. The smallest absolute Gasteiger partial charge is 0.336 e. The molecule has 0 radical (unpaired) electrons. The molecule has 1 aliphatic heterocycles. The van der Waals surface area contributed by atoms with Gasteiger partial charge >= 0.3 is 5.97 Å². The number of non-ortho nitro benzene ring substituents is 1. The van der Waals surface area contributed by atoms with Crippen molar-refractivity contribution in [3.8, 4) is 0 Å². The number of nitrogens with one attached hydrogen (secondary N) is 1. The Morgan fingerprint density at radius 3 is 2.76 bits per heavy atom. The van der Waals surface area contributed by atoms with Crippen molar-refractivity contribution in [2.75, 3.05) is 12.4 Å². The summed E-state index contributed by atoms with van der Waals surface area (Å²) >= 11 is 0. The van der Waals surface area contributed by atoms with E-state index >= 15 is 0 Å². The van der Waals surface area contributed by atoms with Crippen molar-refractivity contribution in [2.24, 2.45) is 7.05 Å². The van der Waals surface area contributed by atoms with Crippen LogP contribution >= 0.6 is 0 Å². The lowest BCUT2D eigenvalue weighted by Gasteiger charge is -2.28. The van der Waals surface area contributed by atoms with Gasteiger partial charge in [0, 0.05) is 36.4 Å². The number of hydrogen-bond acceptors (Lipinski definition) is 6. The van der Waals surface area contributed by atoms with Crippen LogP contribution in [-0.4, -0.2) is 27.8 Å². The number of hydrogen-bond donors (Lipinski definition) is 1. The first-order valence-corrected chi connectivity index (χ1v) is 7.69. The van der Waals surface area contributed by atoms with Gasteiger partial charge in [-0.25, -0.2) is 4.79 Å². The fourth-order valence-corrected chi connectivity index (χ4v) is 3.31. The molecule has 1 aromatic heterocycles. The Balaban J connectivity index is 2.28. The molecule has 0 saturated heterocycles. The molecule has 1 atom stereocenters. The second-order valence-corrected chi connectivity index (χ2v) is 5.91. The van der Waals surface area contributed by atoms with Gasteiger partial charge in [-0.05, 0) is 19.4 Å². The van der Waals surface area contributed by atoms with Gasteiger partial charge in [0.2, 0.25) is 0 Å². The van der Waals surface area contributed by atoms with E-state index < -0.39 is 16.8 Å². The second-order valence-electron chi connectivity index (χ2n) is 5.91. The molecule has 1 aromatic carbocycles. The average Bonchev–Trinajstić information content (AvgIpc) is 2.87. The van der Waals surface area contributed by atoms with Crippen molar-refractivity contribution in [1.82, 2.24) is 9.78 Å². The molecule has 1 aliphatic rings. The number of nitro groups is 1. The van der Waals surface area contributed by atoms with Crippen molar-refractivity contribution in [3.63, 3.8) is 0 Å². The van der Waals surface area contributed by atoms with E-state index in [1.807, 2.05) is 6.92 Å². The number of allylic oxidation sites excluding steroid dienone is 1. The van der Waals surface area contributed by atoms with Crippen LogP contribution in [0.2, 0.25) is 0 Å². The number of fused-ring (bicyclic) bond motifs is 1. The van der Waals surface area contributed by atoms with E-state index in [4.69, 9.17) is 4.74 Å². The van der Waals surface area contributed by atoms with E-state index in [1.54, 1.807) is 30.8 Å². The van der Waals surface area contributed by atoms with Crippen LogP contribution in [0.25, 0.3) is 0 Å². The highest BCUT2D eigenvalue weighted by Crippen LogP contribution is 2.44. The van der Waals surface area contributed by atoms with Crippen LogP contribution in [0.1, 0.15) is 29.7 Å². The number of esters is 1. The number of methoxy groups -OCH3 is 1. The van der Waals surface area contributed by atoms with Gasteiger partial charge in [-0.15, -0.1) is 0 Å². The molecule has 2 aromatic rings. The lowest BCUT2D eigenvalue weighted by atomic mass is 9.81. The molecule has 130 valence electrons. The Kier molecular flexibility index (Phi) is 4.03. The SMILES string of the molecule is COC(=O)C1=C(C)Nc2c(c(C)nn2C)C1c1cccc([N+](=O)[O-])c1. The largest absolute Gasteiger partial charge is 0.466 e. The van der Waals surface area contributed by atoms with E-state index in [9.17, 15) is 14.9 Å². The molecule has 0 saturated carbocycles. The van der Waals surface area contributed by atoms with Gasteiger partial charge in [0.15, 0.2) is 0 Å². The number of aromatic nitrogens is 2. The summed E-state index contributed by atoms with van der Waals surface area (Å²) in [7, 11) is 3.12. The maximum absolute atomic E-state index is 12.4. The zero-order chi connectivity index (χ0) is 18.3. The van der Waals surface area contributed by atoms with Crippen molar-refractivity contribution >= 4 is 17.5 Å². The summed E-state index contributed by atoms with van der Waals surface area (Å²) in [4.78, 5) is 23.1. The Hall–Kier alpha value is -3.16. The van der Waals surface area contributed by atoms with Crippen LogP contribution < -0.4 is 5.32 Å². The maximum Gasteiger partial charge on any atom is 0.336 e. The summed E-state index contributed by atoms with van der Waals surface area (Å²) in [6, 6.07) is 6.30. The quantitative estimate of drug-likeness (QED) is 0.523. The fourth-order valence-electron chi connectivity index (χ4n) is 3.31. The summed E-state index contributed by atoms with van der Waals surface area (Å²) in [5.74, 6) is -0.202. The Morgan fingerprint density at radius 1 is 1.40 bits per heavy atom. The molecule has 8 heteroatoms. The van der Waals surface area contributed by atoms with Crippen molar-refractivity contribution in [2.45, 2.75) is 19.8 Å². The molecular formula is C17H18N4O4. The number of carbonyl (C=O) groups excluding carboxylic acids is 1. The van der Waals surface area contributed by atoms with Gasteiger partial charge in [-0.1, -0.05) is 12.1 Å². The Bertz CT molecular complexity index is 913. The predicted molar refractivity (Wildman–Crippen MR) is 91.2 cm³/mol. The van der Waals surface area contributed by atoms with E-state index in [-0.39, 0.29) is 5.69 Å². The standard InChI is InChI=1S/C17H18N4O4/c1-9-14(17(22)25-4)15(11-6-5-7-12(8-11)21(23)24)13-10(2)19-20(3)16(13)18-9/h5-8,15,18H,1-4H3. The fraction of sp³-hybridized carbons (Fsp3) is 0.294. The van der Waals surface area contributed by atoms with Crippen molar-refractivity contribution in [3.05, 3.63) is 62.5 Å². The number of ether oxygens (including phenoxy) is 1. The minimum absolute atomic E-state index is 0.0269. The van der Waals surface area contributed by atoms with Crippen LogP contribution in [0.15, 0.2) is 35.5 Å². The molecule has 0 fully saturated rings. The lowest BCUT2D eigenvalue weighted by Crippen LogP contribution is -2.24. The predicted octanol–water partition coefficient (Wildman–Crippen LogP) is 2.64. The molecule has 3 rings (SSSR count). The van der Waals surface area contributed by atoms with Crippen molar-refractivity contribution in [1.29, 1.82) is 0 Å². The van der Waals surface area contributed by atoms with E-state index in [2.05, 4.69) is 10.4 Å². The first kappa shape index (κ1) is 16.7. The molecule has 1 N–H and O–H groups in total. The normalized spacial score (nSPS) is 16.2. The number of nitro benzene ring substituents is 1. The molecule has 0 aliphatic carbocycles. The monoisotopic (exact) mass is 342 g/mol. The molecule has 0 amide bonds. The third-order valence-corrected chi connectivity index (χ3v) is 4.38. The van der Waals surface area contributed by atoms with Crippen LogP contribution in [0.4, 0.5) is 11.5 Å². The summed E-state index contributed by atoms with van der Waals surface area (Å²) < 4.78 is 6.65. The number of nitrogens with zero attached hydrogens (tertiary/aromatic N) is 3.